The van der Waals surface area contributed by atoms with Crippen molar-refractivity contribution in [2.45, 2.75) is 19.8 Å². The van der Waals surface area contributed by atoms with Crippen molar-refractivity contribution in [2.24, 2.45) is 0 Å². The molecule has 0 aliphatic rings. The predicted octanol–water partition coefficient (Wildman–Crippen LogP) is 2.95. The fourth-order valence-electron chi connectivity index (χ4n) is 0.985. The van der Waals surface area contributed by atoms with E-state index in [4.69, 9.17) is 4.74 Å². The van der Waals surface area contributed by atoms with Crippen molar-refractivity contribution in [3.63, 3.8) is 0 Å². The van der Waals surface area contributed by atoms with Gasteiger partial charge in [0.15, 0.2) is 0 Å². The molecule has 0 heterocycles. The van der Waals surface area contributed by atoms with E-state index >= 15 is 0 Å². The molecule has 0 saturated heterocycles. The Bertz CT molecular complexity index is 301. The van der Waals surface area contributed by atoms with Gasteiger partial charge in [-0.1, -0.05) is 37.6 Å². The minimum atomic E-state index is -0.315. The molecule has 0 spiro atoms. The average Bonchev–Trinajstić information content (AvgIpc) is 2.20. The van der Waals surface area contributed by atoms with Crippen molar-refractivity contribution in [2.75, 3.05) is 0 Å². The second-order valence-corrected chi connectivity index (χ2v) is 2.93. The zero-order valence-corrected chi connectivity index (χ0v) is 8.27. The molecule has 0 unspecified atom stereocenters. The Labute approximate surface area is 84.2 Å². The van der Waals surface area contributed by atoms with Crippen LogP contribution < -0.4 is 4.74 Å². The Morgan fingerprint density at radius 2 is 2.07 bits per heavy atom. The van der Waals surface area contributed by atoms with Crippen LogP contribution in [-0.4, -0.2) is 5.97 Å². The number of carbonyl (C=O) groups excluding carboxylic acids is 1. The summed E-state index contributed by atoms with van der Waals surface area (Å²) in [7, 11) is 0. The molecule has 1 rings (SSSR count). The summed E-state index contributed by atoms with van der Waals surface area (Å²) in [5, 5.41) is 0. The van der Waals surface area contributed by atoms with Crippen LogP contribution in [0.25, 0.3) is 0 Å². The minimum Gasteiger partial charge on any atom is -0.423 e. The highest BCUT2D eigenvalue weighted by Crippen LogP contribution is 2.08. The first-order chi connectivity index (χ1) is 6.83. The van der Waals surface area contributed by atoms with Gasteiger partial charge in [0.2, 0.25) is 0 Å². The zero-order valence-electron chi connectivity index (χ0n) is 8.27. The van der Waals surface area contributed by atoms with E-state index in [0.29, 0.717) is 5.75 Å². The van der Waals surface area contributed by atoms with Gasteiger partial charge in [0.25, 0.3) is 0 Å². The summed E-state index contributed by atoms with van der Waals surface area (Å²) in [6, 6.07) is 9.05. The second-order valence-electron chi connectivity index (χ2n) is 2.93. The Hall–Kier alpha value is -1.57. The Morgan fingerprint density at radius 3 is 2.71 bits per heavy atom. The molecule has 0 bridgehead atoms. The number of hydrogen-bond donors (Lipinski definition) is 0. The van der Waals surface area contributed by atoms with E-state index < -0.39 is 0 Å². The smallest absolute Gasteiger partial charge is 0.335 e. The van der Waals surface area contributed by atoms with Crippen molar-refractivity contribution >= 4 is 5.97 Å². The third kappa shape index (κ3) is 3.90. The number of esters is 1. The van der Waals surface area contributed by atoms with Crippen LogP contribution in [-0.2, 0) is 4.79 Å². The van der Waals surface area contributed by atoms with Crippen LogP contribution in [0.5, 0.6) is 5.75 Å². The normalized spacial score (nSPS) is 10.4. The number of allylic oxidation sites excluding steroid dienone is 1. The molecule has 0 N–H and O–H groups in total. The summed E-state index contributed by atoms with van der Waals surface area (Å²) < 4.78 is 5.04. The maximum atomic E-state index is 11.2. The predicted molar refractivity (Wildman–Crippen MR) is 56.1 cm³/mol. The lowest BCUT2D eigenvalue weighted by atomic mass is 10.3. The lowest BCUT2D eigenvalue weighted by molar-refractivity contribution is -0.129. The largest absolute Gasteiger partial charge is 0.423 e. The number of ether oxygens (including phenoxy) is 1. The number of para-hydroxylation sites is 1. The molecule has 2 nitrogen and oxygen atoms in total. The van der Waals surface area contributed by atoms with E-state index in [1.165, 1.54) is 6.08 Å². The molecule has 0 amide bonds. The molecule has 14 heavy (non-hydrogen) atoms. The third-order valence-corrected chi connectivity index (χ3v) is 1.67. The molecule has 0 atom stereocenters. The highest BCUT2D eigenvalue weighted by Gasteiger charge is 1.97. The highest BCUT2D eigenvalue weighted by molar-refractivity contribution is 5.83. The lowest BCUT2D eigenvalue weighted by Gasteiger charge is -1.99. The first-order valence-electron chi connectivity index (χ1n) is 4.76. The van der Waals surface area contributed by atoms with Crippen LogP contribution >= 0.6 is 0 Å². The summed E-state index contributed by atoms with van der Waals surface area (Å²) >= 11 is 0. The molecule has 1 aromatic carbocycles. The van der Waals surface area contributed by atoms with Gasteiger partial charge in [0.05, 0.1) is 0 Å². The fourth-order valence-corrected chi connectivity index (χ4v) is 0.985. The van der Waals surface area contributed by atoms with E-state index in [1.54, 1.807) is 12.1 Å². The van der Waals surface area contributed by atoms with Crippen molar-refractivity contribution in [1.82, 2.24) is 0 Å². The molecule has 74 valence electrons. The molecule has 0 saturated carbocycles. The SMILES string of the molecule is CCCC=CC(=O)Oc1ccccc1. The molecule has 0 fully saturated rings. The van der Waals surface area contributed by atoms with Crippen LogP contribution in [0, 0.1) is 0 Å². The van der Waals surface area contributed by atoms with Gasteiger partial charge in [0.1, 0.15) is 5.75 Å². The van der Waals surface area contributed by atoms with Crippen molar-refractivity contribution in [3.8, 4) is 5.75 Å². The maximum absolute atomic E-state index is 11.2. The fraction of sp³-hybridized carbons (Fsp3) is 0.250. The average molecular weight is 190 g/mol. The Morgan fingerprint density at radius 1 is 1.36 bits per heavy atom. The maximum Gasteiger partial charge on any atom is 0.335 e. The number of unbranched alkanes of at least 4 members (excludes halogenated alkanes) is 1. The van der Waals surface area contributed by atoms with Gasteiger partial charge >= 0.3 is 5.97 Å². The molecule has 0 aliphatic heterocycles. The van der Waals surface area contributed by atoms with Gasteiger partial charge in [-0.25, -0.2) is 4.79 Å². The van der Waals surface area contributed by atoms with Crippen LogP contribution in [0.15, 0.2) is 42.5 Å². The molecular weight excluding hydrogens is 176 g/mol. The molecule has 0 radical (unpaired) electrons. The van der Waals surface area contributed by atoms with Gasteiger partial charge in [-0.3, -0.25) is 0 Å². The van der Waals surface area contributed by atoms with E-state index in [-0.39, 0.29) is 5.97 Å². The molecule has 1 aromatic rings. The summed E-state index contributed by atoms with van der Waals surface area (Å²) in [5.74, 6) is 0.267. The second kappa shape index (κ2) is 5.97. The van der Waals surface area contributed by atoms with E-state index in [1.807, 2.05) is 24.3 Å². The topological polar surface area (TPSA) is 26.3 Å². The minimum absolute atomic E-state index is 0.315. The third-order valence-electron chi connectivity index (χ3n) is 1.67. The van der Waals surface area contributed by atoms with Gasteiger partial charge < -0.3 is 4.74 Å². The zero-order chi connectivity index (χ0) is 10.2. The van der Waals surface area contributed by atoms with Crippen molar-refractivity contribution in [3.05, 3.63) is 42.5 Å². The summed E-state index contributed by atoms with van der Waals surface area (Å²) in [5.41, 5.74) is 0. The quantitative estimate of drug-likeness (QED) is 0.414. The van der Waals surface area contributed by atoms with E-state index in [9.17, 15) is 4.79 Å². The van der Waals surface area contributed by atoms with Crippen LogP contribution in [0.4, 0.5) is 0 Å². The van der Waals surface area contributed by atoms with Gasteiger partial charge in [-0.05, 0) is 18.6 Å². The van der Waals surface area contributed by atoms with E-state index in [0.717, 1.165) is 12.8 Å². The summed E-state index contributed by atoms with van der Waals surface area (Å²) in [6.45, 7) is 2.06. The van der Waals surface area contributed by atoms with Gasteiger partial charge in [0, 0.05) is 6.08 Å². The Balaban J connectivity index is 2.42. The number of rotatable bonds is 4. The molecular formula is C12H14O2. The standard InChI is InChI=1S/C12H14O2/c1-2-3-5-10-12(13)14-11-8-6-4-7-9-11/h4-10H,2-3H2,1H3. The van der Waals surface area contributed by atoms with Crippen LogP contribution in [0.1, 0.15) is 19.8 Å². The summed E-state index contributed by atoms with van der Waals surface area (Å²) in [6.07, 6.45) is 5.24. The molecule has 0 aliphatic carbocycles. The van der Waals surface area contributed by atoms with Gasteiger partial charge in [-0.2, -0.15) is 0 Å². The van der Waals surface area contributed by atoms with Crippen molar-refractivity contribution in [1.29, 1.82) is 0 Å². The number of benzene rings is 1. The monoisotopic (exact) mass is 190 g/mol. The van der Waals surface area contributed by atoms with Gasteiger partial charge in [-0.15, -0.1) is 0 Å². The summed E-state index contributed by atoms with van der Waals surface area (Å²) in [4.78, 5) is 11.2. The number of carbonyl (C=O) groups is 1. The van der Waals surface area contributed by atoms with Crippen molar-refractivity contribution < 1.29 is 9.53 Å². The molecule has 0 aromatic heterocycles. The van der Waals surface area contributed by atoms with Crippen LogP contribution in [0.2, 0.25) is 0 Å². The Kier molecular flexibility index (Phi) is 4.48. The van der Waals surface area contributed by atoms with E-state index in [2.05, 4.69) is 6.92 Å². The number of hydrogen-bond acceptors (Lipinski definition) is 2. The lowest BCUT2D eigenvalue weighted by Crippen LogP contribution is -2.03. The highest BCUT2D eigenvalue weighted by atomic mass is 16.5. The first-order valence-corrected chi connectivity index (χ1v) is 4.76. The first kappa shape index (κ1) is 10.5. The molecule has 2 heteroatoms. The van der Waals surface area contributed by atoms with Crippen LogP contribution in [0.3, 0.4) is 0 Å².